The van der Waals surface area contributed by atoms with Crippen LogP contribution in [0.4, 0.5) is 0 Å². The van der Waals surface area contributed by atoms with E-state index in [-0.39, 0.29) is 5.97 Å². The van der Waals surface area contributed by atoms with Crippen LogP contribution >= 0.6 is 23.1 Å². The molecule has 6 heteroatoms. The number of carbonyl (C=O) groups is 1. The normalized spacial score (nSPS) is 10.2. The number of hydrogen-bond acceptors (Lipinski definition) is 6. The molecule has 0 unspecified atom stereocenters. The molecule has 0 aliphatic carbocycles. The fourth-order valence-corrected chi connectivity index (χ4v) is 2.81. The number of rotatable bonds is 4. The third-order valence-corrected chi connectivity index (χ3v) is 4.02. The molecule has 1 heterocycles. The van der Waals surface area contributed by atoms with Crippen molar-refractivity contribution >= 4 is 29.1 Å². The van der Waals surface area contributed by atoms with Gasteiger partial charge in [-0.25, -0.2) is 4.79 Å². The molecule has 4 nitrogen and oxygen atoms in total. The van der Waals surface area contributed by atoms with Crippen LogP contribution in [0, 0.1) is 0 Å². The van der Waals surface area contributed by atoms with Crippen molar-refractivity contribution in [2.45, 2.75) is 10.1 Å². The van der Waals surface area contributed by atoms with Gasteiger partial charge in [0.25, 0.3) is 0 Å². The summed E-state index contributed by atoms with van der Waals surface area (Å²) in [5.74, 6) is 0.374. The number of esters is 1. The van der Waals surface area contributed by atoms with Crippen molar-refractivity contribution in [3.05, 3.63) is 40.9 Å². The van der Waals surface area contributed by atoms with Crippen molar-refractivity contribution in [3.8, 4) is 0 Å². The van der Waals surface area contributed by atoms with Crippen LogP contribution in [0.2, 0.25) is 0 Å². The van der Waals surface area contributed by atoms with Crippen molar-refractivity contribution in [2.24, 2.45) is 0 Å². The minimum atomic E-state index is -0.307. The average molecular weight is 266 g/mol. The van der Waals surface area contributed by atoms with Gasteiger partial charge >= 0.3 is 5.97 Å². The Morgan fingerprint density at radius 2 is 2.29 bits per heavy atom. The standard InChI is InChI=1S/C11H10N2O2S2/c1-15-10(14)9-5-3-2-4-8(9)6-16-11-13-12-7-17-11/h2-5,7H,6H2,1H3. The van der Waals surface area contributed by atoms with Gasteiger partial charge in [0.1, 0.15) is 5.51 Å². The molecule has 0 spiro atoms. The molecule has 1 aromatic carbocycles. The Hall–Kier alpha value is -1.40. The summed E-state index contributed by atoms with van der Waals surface area (Å²) in [7, 11) is 1.39. The lowest BCUT2D eigenvalue weighted by Gasteiger charge is -2.05. The van der Waals surface area contributed by atoms with Gasteiger partial charge in [-0.2, -0.15) is 0 Å². The fraction of sp³-hybridized carbons (Fsp3) is 0.182. The summed E-state index contributed by atoms with van der Waals surface area (Å²) in [6.07, 6.45) is 0. The molecule has 0 fully saturated rings. The maximum atomic E-state index is 11.5. The largest absolute Gasteiger partial charge is 0.465 e. The van der Waals surface area contributed by atoms with Crippen molar-refractivity contribution in [3.63, 3.8) is 0 Å². The zero-order valence-corrected chi connectivity index (χ0v) is 10.8. The number of carbonyl (C=O) groups excluding carboxylic acids is 1. The van der Waals surface area contributed by atoms with E-state index in [9.17, 15) is 4.79 Å². The van der Waals surface area contributed by atoms with E-state index in [4.69, 9.17) is 4.74 Å². The molecule has 2 rings (SSSR count). The van der Waals surface area contributed by atoms with E-state index >= 15 is 0 Å². The van der Waals surface area contributed by atoms with Crippen LogP contribution in [0.15, 0.2) is 34.1 Å². The lowest BCUT2D eigenvalue weighted by Crippen LogP contribution is -2.04. The van der Waals surface area contributed by atoms with Crippen LogP contribution < -0.4 is 0 Å². The summed E-state index contributed by atoms with van der Waals surface area (Å²) in [4.78, 5) is 11.5. The zero-order chi connectivity index (χ0) is 12.1. The van der Waals surface area contributed by atoms with E-state index in [2.05, 4.69) is 10.2 Å². The van der Waals surface area contributed by atoms with Gasteiger partial charge < -0.3 is 4.74 Å². The molecule has 0 aliphatic heterocycles. The highest BCUT2D eigenvalue weighted by Gasteiger charge is 2.11. The number of nitrogens with zero attached hydrogens (tertiary/aromatic N) is 2. The lowest BCUT2D eigenvalue weighted by molar-refractivity contribution is 0.0600. The number of hydrogen-bond donors (Lipinski definition) is 0. The van der Waals surface area contributed by atoms with Gasteiger partial charge in [-0.15, -0.1) is 10.2 Å². The van der Waals surface area contributed by atoms with E-state index in [1.54, 1.807) is 23.3 Å². The maximum absolute atomic E-state index is 11.5. The molecule has 0 saturated heterocycles. The lowest BCUT2D eigenvalue weighted by atomic mass is 10.1. The number of thioether (sulfide) groups is 1. The molecule has 0 atom stereocenters. The predicted octanol–water partition coefficient (Wildman–Crippen LogP) is 2.62. The summed E-state index contributed by atoms with van der Waals surface area (Å²) in [6, 6.07) is 7.41. The first-order chi connectivity index (χ1) is 8.31. The van der Waals surface area contributed by atoms with Crippen LogP contribution in [0.3, 0.4) is 0 Å². The third-order valence-electron chi connectivity index (χ3n) is 2.11. The molecule has 2 aromatic rings. The molecule has 0 N–H and O–H groups in total. The Balaban J connectivity index is 2.12. The molecular weight excluding hydrogens is 256 g/mol. The maximum Gasteiger partial charge on any atom is 0.338 e. The highest BCUT2D eigenvalue weighted by atomic mass is 32.2. The van der Waals surface area contributed by atoms with Crippen molar-refractivity contribution in [1.29, 1.82) is 0 Å². The van der Waals surface area contributed by atoms with Gasteiger partial charge in [0.05, 0.1) is 12.7 Å². The summed E-state index contributed by atoms with van der Waals surface area (Å²) in [6.45, 7) is 0. The molecule has 0 bridgehead atoms. The van der Waals surface area contributed by atoms with Gasteiger partial charge in [0, 0.05) is 5.75 Å². The highest BCUT2D eigenvalue weighted by molar-refractivity contribution is 8.00. The Kier molecular flexibility index (Phi) is 4.11. The van der Waals surface area contributed by atoms with E-state index in [0.29, 0.717) is 11.3 Å². The first-order valence-electron chi connectivity index (χ1n) is 4.86. The summed E-state index contributed by atoms with van der Waals surface area (Å²) in [5.41, 5.74) is 3.24. The van der Waals surface area contributed by atoms with Gasteiger partial charge in [-0.3, -0.25) is 0 Å². The van der Waals surface area contributed by atoms with Crippen molar-refractivity contribution in [2.75, 3.05) is 7.11 Å². The number of methoxy groups -OCH3 is 1. The van der Waals surface area contributed by atoms with Crippen LogP contribution in [0.5, 0.6) is 0 Å². The molecule has 88 valence electrons. The van der Waals surface area contributed by atoms with Crippen molar-refractivity contribution < 1.29 is 9.53 Å². The average Bonchev–Trinajstić information content (AvgIpc) is 2.89. The molecular formula is C11H10N2O2S2. The SMILES string of the molecule is COC(=O)c1ccccc1CSc1nncs1. The van der Waals surface area contributed by atoms with Crippen LogP contribution in [-0.2, 0) is 10.5 Å². The van der Waals surface area contributed by atoms with E-state index < -0.39 is 0 Å². The molecule has 0 aliphatic rings. The molecule has 0 amide bonds. The minimum Gasteiger partial charge on any atom is -0.465 e. The first-order valence-corrected chi connectivity index (χ1v) is 6.73. The summed E-state index contributed by atoms with van der Waals surface area (Å²) >= 11 is 3.05. The molecule has 0 radical (unpaired) electrons. The Labute approximate surface area is 107 Å². The fourth-order valence-electron chi connectivity index (χ4n) is 1.32. The predicted molar refractivity (Wildman–Crippen MR) is 67.3 cm³/mol. The second-order valence-electron chi connectivity index (χ2n) is 3.14. The molecule has 1 aromatic heterocycles. The van der Waals surface area contributed by atoms with Crippen LogP contribution in [0.1, 0.15) is 15.9 Å². The second kappa shape index (κ2) is 5.79. The Morgan fingerprint density at radius 1 is 1.47 bits per heavy atom. The molecule has 17 heavy (non-hydrogen) atoms. The van der Waals surface area contributed by atoms with Gasteiger partial charge in [0.15, 0.2) is 4.34 Å². The second-order valence-corrected chi connectivity index (χ2v) is 5.20. The minimum absolute atomic E-state index is 0.307. The first kappa shape index (κ1) is 12.1. The summed E-state index contributed by atoms with van der Waals surface area (Å²) < 4.78 is 5.63. The van der Waals surface area contributed by atoms with Crippen LogP contribution in [-0.4, -0.2) is 23.3 Å². The number of ether oxygens (including phenoxy) is 1. The Morgan fingerprint density at radius 3 is 3.00 bits per heavy atom. The number of aromatic nitrogens is 2. The van der Waals surface area contributed by atoms with Gasteiger partial charge in [-0.1, -0.05) is 41.3 Å². The Bertz CT molecular complexity index is 500. The monoisotopic (exact) mass is 266 g/mol. The van der Waals surface area contributed by atoms with Gasteiger partial charge in [0.2, 0.25) is 0 Å². The quantitative estimate of drug-likeness (QED) is 0.629. The van der Waals surface area contributed by atoms with E-state index in [1.165, 1.54) is 18.4 Å². The van der Waals surface area contributed by atoms with Gasteiger partial charge in [-0.05, 0) is 11.6 Å². The zero-order valence-electron chi connectivity index (χ0n) is 9.12. The van der Waals surface area contributed by atoms with E-state index in [0.717, 1.165) is 9.90 Å². The number of benzene rings is 1. The molecule has 0 saturated carbocycles. The summed E-state index contributed by atoms with van der Waals surface area (Å²) in [5, 5.41) is 7.71. The topological polar surface area (TPSA) is 52.1 Å². The smallest absolute Gasteiger partial charge is 0.338 e. The van der Waals surface area contributed by atoms with Crippen LogP contribution in [0.25, 0.3) is 0 Å². The highest BCUT2D eigenvalue weighted by Crippen LogP contribution is 2.25. The van der Waals surface area contributed by atoms with Crippen molar-refractivity contribution in [1.82, 2.24) is 10.2 Å². The third kappa shape index (κ3) is 3.04. The van der Waals surface area contributed by atoms with E-state index in [1.807, 2.05) is 18.2 Å².